The molecule has 0 aliphatic carbocycles. The van der Waals surface area contributed by atoms with Gasteiger partial charge in [0.1, 0.15) is 0 Å². The fourth-order valence-corrected chi connectivity index (χ4v) is 3.61. The maximum absolute atomic E-state index is 6.13. The Hall–Kier alpha value is -1.42. The van der Waals surface area contributed by atoms with Crippen LogP contribution >= 0.6 is 0 Å². The van der Waals surface area contributed by atoms with Crippen molar-refractivity contribution in [3.05, 3.63) is 48.0 Å². The molecule has 118 valence electrons. The molecule has 2 N–H and O–H groups in total. The molecule has 1 heterocycles. The Kier molecular flexibility index (Phi) is 4.77. The van der Waals surface area contributed by atoms with Crippen LogP contribution in [0.4, 0.5) is 0 Å². The zero-order valence-electron chi connectivity index (χ0n) is 13.7. The normalized spacial score (nSPS) is 18.9. The quantitative estimate of drug-likeness (QED) is 0.942. The minimum Gasteiger partial charge on any atom is -0.329 e. The zero-order valence-corrected chi connectivity index (χ0v) is 13.7. The van der Waals surface area contributed by atoms with Crippen molar-refractivity contribution in [2.45, 2.75) is 24.9 Å². The molecule has 2 aromatic carbocycles. The Morgan fingerprint density at radius 3 is 2.50 bits per heavy atom. The molecule has 1 atom stereocenters. The van der Waals surface area contributed by atoms with Gasteiger partial charge in [-0.1, -0.05) is 36.4 Å². The van der Waals surface area contributed by atoms with Crippen LogP contribution < -0.4 is 5.73 Å². The highest BCUT2D eigenvalue weighted by molar-refractivity contribution is 5.83. The second kappa shape index (κ2) is 6.78. The third-order valence-electron chi connectivity index (χ3n) is 5.14. The monoisotopic (exact) mass is 297 g/mol. The maximum atomic E-state index is 6.13. The van der Waals surface area contributed by atoms with Crippen molar-refractivity contribution >= 4 is 10.8 Å². The first-order valence-electron chi connectivity index (χ1n) is 8.28. The first-order chi connectivity index (χ1) is 10.7. The number of hydrogen-bond donors (Lipinski definition) is 1. The lowest BCUT2D eigenvalue weighted by molar-refractivity contribution is 0.109. The van der Waals surface area contributed by atoms with E-state index in [9.17, 15) is 0 Å². The van der Waals surface area contributed by atoms with Crippen LogP contribution in [0.15, 0.2) is 42.5 Å². The number of likely N-dealkylation sites (tertiary alicyclic amines) is 1. The van der Waals surface area contributed by atoms with Gasteiger partial charge in [0.15, 0.2) is 0 Å². The number of nitrogens with zero attached hydrogens (tertiary/aromatic N) is 2. The van der Waals surface area contributed by atoms with Crippen molar-refractivity contribution in [3.8, 4) is 0 Å². The molecule has 0 amide bonds. The molecule has 0 radical (unpaired) electrons. The summed E-state index contributed by atoms with van der Waals surface area (Å²) in [6, 6.07) is 16.2. The number of piperidine rings is 1. The van der Waals surface area contributed by atoms with Crippen molar-refractivity contribution in [1.82, 2.24) is 9.80 Å². The first-order valence-corrected chi connectivity index (χ1v) is 8.28. The van der Waals surface area contributed by atoms with E-state index in [1.807, 2.05) is 0 Å². The third kappa shape index (κ3) is 3.17. The van der Waals surface area contributed by atoms with Gasteiger partial charge in [-0.3, -0.25) is 4.90 Å². The van der Waals surface area contributed by atoms with Gasteiger partial charge in [0.05, 0.1) is 0 Å². The Morgan fingerprint density at radius 2 is 1.82 bits per heavy atom. The molecule has 1 aliphatic rings. The predicted molar refractivity (Wildman–Crippen MR) is 94.0 cm³/mol. The highest BCUT2D eigenvalue weighted by Crippen LogP contribution is 2.27. The van der Waals surface area contributed by atoms with Gasteiger partial charge >= 0.3 is 0 Å². The summed E-state index contributed by atoms with van der Waals surface area (Å²) in [7, 11) is 4.45. The van der Waals surface area contributed by atoms with Crippen molar-refractivity contribution < 1.29 is 0 Å². The summed E-state index contributed by atoms with van der Waals surface area (Å²) in [5.41, 5.74) is 7.47. The van der Waals surface area contributed by atoms with E-state index >= 15 is 0 Å². The summed E-state index contributed by atoms with van der Waals surface area (Å²) in [6.45, 7) is 3.04. The summed E-state index contributed by atoms with van der Waals surface area (Å²) >= 11 is 0. The van der Waals surface area contributed by atoms with Crippen LogP contribution in [0.5, 0.6) is 0 Å². The van der Waals surface area contributed by atoms with E-state index in [1.54, 1.807) is 0 Å². The molecular weight excluding hydrogens is 270 g/mol. The topological polar surface area (TPSA) is 32.5 Å². The van der Waals surface area contributed by atoms with Gasteiger partial charge in [-0.25, -0.2) is 0 Å². The molecule has 3 nitrogen and oxygen atoms in total. The van der Waals surface area contributed by atoms with Crippen molar-refractivity contribution in [1.29, 1.82) is 0 Å². The SMILES string of the molecule is CN1CCC(N(C)C(CN)c2ccc3ccccc3c2)CC1. The van der Waals surface area contributed by atoms with E-state index in [0.717, 1.165) is 0 Å². The molecule has 0 saturated carbocycles. The summed E-state index contributed by atoms with van der Waals surface area (Å²) in [6.07, 6.45) is 2.47. The van der Waals surface area contributed by atoms with Crippen LogP contribution in [-0.2, 0) is 0 Å². The third-order valence-corrected chi connectivity index (χ3v) is 5.14. The summed E-state index contributed by atoms with van der Waals surface area (Å²) in [5.74, 6) is 0. The minimum absolute atomic E-state index is 0.304. The number of fused-ring (bicyclic) bond motifs is 1. The molecular formula is C19H27N3. The lowest BCUT2D eigenvalue weighted by Crippen LogP contribution is -2.45. The van der Waals surface area contributed by atoms with Gasteiger partial charge in [-0.15, -0.1) is 0 Å². The molecule has 3 rings (SSSR count). The van der Waals surface area contributed by atoms with E-state index in [-0.39, 0.29) is 0 Å². The summed E-state index contributed by atoms with van der Waals surface area (Å²) in [4.78, 5) is 4.91. The molecule has 22 heavy (non-hydrogen) atoms. The molecule has 1 fully saturated rings. The van der Waals surface area contributed by atoms with Crippen LogP contribution in [-0.4, -0.2) is 49.6 Å². The highest BCUT2D eigenvalue weighted by atomic mass is 15.2. The average Bonchev–Trinajstić information content (AvgIpc) is 2.56. The molecule has 1 unspecified atom stereocenters. The molecule has 3 heteroatoms. The highest BCUT2D eigenvalue weighted by Gasteiger charge is 2.26. The van der Waals surface area contributed by atoms with Crippen molar-refractivity contribution in [2.24, 2.45) is 5.73 Å². The van der Waals surface area contributed by atoms with Gasteiger partial charge in [0.2, 0.25) is 0 Å². The smallest absolute Gasteiger partial charge is 0.0470 e. The Labute approximate surface area is 133 Å². The van der Waals surface area contributed by atoms with Crippen LogP contribution in [0.3, 0.4) is 0 Å². The van der Waals surface area contributed by atoms with Gasteiger partial charge in [0.25, 0.3) is 0 Å². The van der Waals surface area contributed by atoms with Gasteiger partial charge in [0, 0.05) is 18.6 Å². The number of nitrogens with two attached hydrogens (primary N) is 1. The van der Waals surface area contributed by atoms with Crippen LogP contribution in [0.25, 0.3) is 10.8 Å². The number of hydrogen-bond acceptors (Lipinski definition) is 3. The largest absolute Gasteiger partial charge is 0.329 e. The Bertz CT molecular complexity index is 617. The second-order valence-corrected chi connectivity index (χ2v) is 6.56. The number of benzene rings is 2. The maximum Gasteiger partial charge on any atom is 0.0470 e. The van der Waals surface area contributed by atoms with E-state index in [2.05, 4.69) is 66.4 Å². The van der Waals surface area contributed by atoms with Crippen LogP contribution in [0.2, 0.25) is 0 Å². The lowest BCUT2D eigenvalue weighted by atomic mass is 9.97. The Balaban J connectivity index is 1.82. The Morgan fingerprint density at radius 1 is 1.14 bits per heavy atom. The standard InChI is InChI=1S/C19H27N3/c1-21-11-9-18(10-12-21)22(2)19(14-20)17-8-7-15-5-3-4-6-16(15)13-17/h3-8,13,18-19H,9-12,14,20H2,1-2H3. The lowest BCUT2D eigenvalue weighted by Gasteiger charge is -2.39. The molecule has 0 bridgehead atoms. The fourth-order valence-electron chi connectivity index (χ4n) is 3.61. The van der Waals surface area contributed by atoms with Gasteiger partial charge in [-0.05, 0) is 62.4 Å². The van der Waals surface area contributed by atoms with Crippen LogP contribution in [0, 0.1) is 0 Å². The van der Waals surface area contributed by atoms with Gasteiger partial charge < -0.3 is 10.6 Å². The number of rotatable bonds is 4. The van der Waals surface area contributed by atoms with E-state index in [4.69, 9.17) is 5.73 Å². The van der Waals surface area contributed by atoms with Crippen LogP contribution in [0.1, 0.15) is 24.4 Å². The predicted octanol–water partition coefficient (Wildman–Crippen LogP) is 2.87. The molecule has 1 saturated heterocycles. The van der Waals surface area contributed by atoms with Crippen molar-refractivity contribution in [2.75, 3.05) is 33.7 Å². The average molecular weight is 297 g/mol. The zero-order chi connectivity index (χ0) is 15.5. The molecule has 1 aliphatic heterocycles. The summed E-state index contributed by atoms with van der Waals surface area (Å²) < 4.78 is 0. The van der Waals surface area contributed by atoms with E-state index in [0.29, 0.717) is 18.6 Å². The van der Waals surface area contributed by atoms with Gasteiger partial charge in [-0.2, -0.15) is 0 Å². The minimum atomic E-state index is 0.304. The summed E-state index contributed by atoms with van der Waals surface area (Å²) in [5, 5.41) is 2.60. The van der Waals surface area contributed by atoms with Crippen molar-refractivity contribution in [3.63, 3.8) is 0 Å². The van der Waals surface area contributed by atoms with E-state index in [1.165, 1.54) is 42.3 Å². The number of likely N-dealkylation sites (N-methyl/N-ethyl adjacent to an activating group) is 1. The molecule has 2 aromatic rings. The fraction of sp³-hybridized carbons (Fsp3) is 0.474. The molecule has 0 spiro atoms. The molecule has 0 aromatic heterocycles. The second-order valence-electron chi connectivity index (χ2n) is 6.56. The van der Waals surface area contributed by atoms with E-state index < -0.39 is 0 Å². The first kappa shape index (κ1) is 15.5.